The molecule has 0 aliphatic carbocycles. The van der Waals surface area contributed by atoms with Crippen LogP contribution in [0.5, 0.6) is 0 Å². The SMILES string of the molecule is COCC(CCO)NC(=O)c1cc(Cl)ncc1Cl. The number of nitrogens with zero attached hydrogens (tertiary/aromatic N) is 1. The molecule has 0 saturated carbocycles. The number of nitrogens with one attached hydrogen (secondary N) is 1. The van der Waals surface area contributed by atoms with Crippen LogP contribution in [0.25, 0.3) is 0 Å². The molecule has 0 spiro atoms. The summed E-state index contributed by atoms with van der Waals surface area (Å²) in [6.45, 7) is 0.266. The van der Waals surface area contributed by atoms with E-state index >= 15 is 0 Å². The molecule has 0 aromatic carbocycles. The first-order valence-electron chi connectivity index (χ1n) is 5.30. The minimum absolute atomic E-state index is 0.0425. The van der Waals surface area contributed by atoms with Crippen LogP contribution in [-0.4, -0.2) is 42.4 Å². The molecule has 7 heteroatoms. The van der Waals surface area contributed by atoms with Crippen LogP contribution in [0.3, 0.4) is 0 Å². The van der Waals surface area contributed by atoms with Crippen LogP contribution in [0.2, 0.25) is 10.2 Å². The lowest BCUT2D eigenvalue weighted by Gasteiger charge is -2.17. The number of amides is 1. The van der Waals surface area contributed by atoms with E-state index in [0.29, 0.717) is 13.0 Å². The number of aromatic nitrogens is 1. The molecule has 0 aliphatic heterocycles. The molecule has 0 fully saturated rings. The van der Waals surface area contributed by atoms with Gasteiger partial charge in [-0.2, -0.15) is 0 Å². The Labute approximate surface area is 115 Å². The topological polar surface area (TPSA) is 71.5 Å². The molecule has 1 heterocycles. The van der Waals surface area contributed by atoms with Gasteiger partial charge < -0.3 is 15.2 Å². The van der Waals surface area contributed by atoms with Crippen molar-refractivity contribution >= 4 is 29.1 Å². The number of aliphatic hydroxyl groups excluding tert-OH is 1. The Morgan fingerprint density at radius 3 is 2.94 bits per heavy atom. The summed E-state index contributed by atoms with van der Waals surface area (Å²) in [6.07, 6.45) is 1.71. The smallest absolute Gasteiger partial charge is 0.253 e. The van der Waals surface area contributed by atoms with Gasteiger partial charge in [0.25, 0.3) is 5.91 Å². The monoisotopic (exact) mass is 292 g/mol. The number of halogens is 2. The molecule has 1 amide bonds. The number of hydrogen-bond acceptors (Lipinski definition) is 4. The minimum Gasteiger partial charge on any atom is -0.396 e. The zero-order valence-corrected chi connectivity index (χ0v) is 11.3. The van der Waals surface area contributed by atoms with Crippen molar-refractivity contribution in [1.29, 1.82) is 0 Å². The maximum atomic E-state index is 12.0. The Hall–Kier alpha value is -0.880. The summed E-state index contributed by atoms with van der Waals surface area (Å²) < 4.78 is 4.95. The Balaban J connectivity index is 2.76. The highest BCUT2D eigenvalue weighted by atomic mass is 35.5. The maximum absolute atomic E-state index is 12.0. The molecular formula is C11H14Cl2N2O3. The first-order valence-corrected chi connectivity index (χ1v) is 6.05. The van der Waals surface area contributed by atoms with E-state index in [1.165, 1.54) is 19.4 Å². The zero-order chi connectivity index (χ0) is 13.5. The molecule has 100 valence electrons. The number of carbonyl (C=O) groups excluding carboxylic acids is 1. The van der Waals surface area contributed by atoms with Crippen molar-refractivity contribution in [1.82, 2.24) is 10.3 Å². The third-order valence-corrected chi connectivity index (χ3v) is 2.76. The summed E-state index contributed by atoms with van der Waals surface area (Å²) in [7, 11) is 1.52. The van der Waals surface area contributed by atoms with Crippen LogP contribution < -0.4 is 5.32 Å². The predicted molar refractivity (Wildman–Crippen MR) is 69.1 cm³/mol. The summed E-state index contributed by atoms with van der Waals surface area (Å²) in [6, 6.07) is 1.11. The minimum atomic E-state index is -0.375. The Morgan fingerprint density at radius 2 is 2.33 bits per heavy atom. The molecule has 0 radical (unpaired) electrons. The van der Waals surface area contributed by atoms with Gasteiger partial charge in [-0.3, -0.25) is 4.79 Å². The van der Waals surface area contributed by atoms with E-state index in [0.717, 1.165) is 0 Å². The lowest BCUT2D eigenvalue weighted by atomic mass is 10.2. The fraction of sp³-hybridized carbons (Fsp3) is 0.455. The number of ether oxygens (including phenoxy) is 1. The van der Waals surface area contributed by atoms with E-state index in [1.807, 2.05) is 0 Å². The molecule has 1 unspecified atom stereocenters. The van der Waals surface area contributed by atoms with Crippen LogP contribution in [0.15, 0.2) is 12.3 Å². The van der Waals surface area contributed by atoms with Gasteiger partial charge in [0.2, 0.25) is 0 Å². The van der Waals surface area contributed by atoms with Gasteiger partial charge in [-0.05, 0) is 12.5 Å². The lowest BCUT2D eigenvalue weighted by molar-refractivity contribution is 0.0879. The maximum Gasteiger partial charge on any atom is 0.253 e. The molecule has 18 heavy (non-hydrogen) atoms. The van der Waals surface area contributed by atoms with E-state index in [1.54, 1.807) is 0 Å². The van der Waals surface area contributed by atoms with Gasteiger partial charge in [0, 0.05) is 19.9 Å². The van der Waals surface area contributed by atoms with Crippen molar-refractivity contribution in [3.63, 3.8) is 0 Å². The first-order chi connectivity index (χ1) is 8.58. The third kappa shape index (κ3) is 4.42. The standard InChI is InChI=1S/C11H14Cl2N2O3/c1-18-6-7(2-3-16)15-11(17)8-4-10(13)14-5-9(8)12/h4-5,7,16H,2-3,6H2,1H3,(H,15,17). The number of carbonyl (C=O) groups is 1. The second-order valence-electron chi connectivity index (χ2n) is 3.62. The molecular weight excluding hydrogens is 279 g/mol. The Bertz CT molecular complexity index is 409. The van der Waals surface area contributed by atoms with Gasteiger partial charge >= 0.3 is 0 Å². The average molecular weight is 293 g/mol. The highest BCUT2D eigenvalue weighted by molar-refractivity contribution is 6.35. The Morgan fingerprint density at radius 1 is 1.61 bits per heavy atom. The highest BCUT2D eigenvalue weighted by Crippen LogP contribution is 2.18. The molecule has 1 aromatic rings. The zero-order valence-electron chi connectivity index (χ0n) is 9.82. The van der Waals surface area contributed by atoms with Gasteiger partial charge in [-0.25, -0.2) is 4.98 Å². The molecule has 0 aliphatic rings. The van der Waals surface area contributed by atoms with Gasteiger partial charge in [0.05, 0.1) is 23.2 Å². The van der Waals surface area contributed by atoms with Crippen LogP contribution >= 0.6 is 23.2 Å². The third-order valence-electron chi connectivity index (χ3n) is 2.25. The van der Waals surface area contributed by atoms with Gasteiger partial charge in [-0.15, -0.1) is 0 Å². The normalized spacial score (nSPS) is 12.2. The number of aliphatic hydroxyl groups is 1. The van der Waals surface area contributed by atoms with E-state index < -0.39 is 0 Å². The van der Waals surface area contributed by atoms with E-state index in [2.05, 4.69) is 10.3 Å². The Kier molecular flexibility index (Phi) is 6.35. The molecule has 2 N–H and O–H groups in total. The average Bonchev–Trinajstić information content (AvgIpc) is 2.33. The molecule has 0 saturated heterocycles. The van der Waals surface area contributed by atoms with Crippen molar-refractivity contribution in [3.8, 4) is 0 Å². The first kappa shape index (κ1) is 15.2. The van der Waals surface area contributed by atoms with Crippen molar-refractivity contribution in [3.05, 3.63) is 28.0 Å². The van der Waals surface area contributed by atoms with Crippen LogP contribution in [-0.2, 0) is 4.74 Å². The molecule has 1 atom stereocenters. The summed E-state index contributed by atoms with van der Waals surface area (Å²) in [4.78, 5) is 15.7. The number of rotatable bonds is 6. The largest absolute Gasteiger partial charge is 0.396 e. The second-order valence-corrected chi connectivity index (χ2v) is 4.42. The summed E-state index contributed by atoms with van der Waals surface area (Å²) in [5, 5.41) is 12.0. The lowest BCUT2D eigenvalue weighted by Crippen LogP contribution is -2.38. The van der Waals surface area contributed by atoms with Crippen molar-refractivity contribution in [2.75, 3.05) is 20.3 Å². The van der Waals surface area contributed by atoms with Crippen LogP contribution in [0.1, 0.15) is 16.8 Å². The van der Waals surface area contributed by atoms with Crippen molar-refractivity contribution in [2.45, 2.75) is 12.5 Å². The van der Waals surface area contributed by atoms with Gasteiger partial charge in [0.15, 0.2) is 0 Å². The van der Waals surface area contributed by atoms with Crippen LogP contribution in [0.4, 0.5) is 0 Å². The second kappa shape index (κ2) is 7.53. The molecule has 1 rings (SSSR count). The highest BCUT2D eigenvalue weighted by Gasteiger charge is 2.16. The molecule has 0 bridgehead atoms. The van der Waals surface area contributed by atoms with Crippen molar-refractivity contribution < 1.29 is 14.6 Å². The van der Waals surface area contributed by atoms with E-state index in [9.17, 15) is 4.79 Å². The fourth-order valence-electron chi connectivity index (χ4n) is 1.40. The molecule has 5 nitrogen and oxygen atoms in total. The number of hydrogen-bond donors (Lipinski definition) is 2. The number of pyridine rings is 1. The van der Waals surface area contributed by atoms with E-state index in [-0.39, 0.29) is 34.3 Å². The van der Waals surface area contributed by atoms with Crippen LogP contribution in [0, 0.1) is 0 Å². The predicted octanol–water partition coefficient (Wildman–Crippen LogP) is 1.52. The number of methoxy groups -OCH3 is 1. The molecule has 1 aromatic heterocycles. The van der Waals surface area contributed by atoms with E-state index in [4.69, 9.17) is 33.0 Å². The van der Waals surface area contributed by atoms with Gasteiger partial charge in [-0.1, -0.05) is 23.2 Å². The quantitative estimate of drug-likeness (QED) is 0.780. The van der Waals surface area contributed by atoms with Gasteiger partial charge in [0.1, 0.15) is 5.15 Å². The van der Waals surface area contributed by atoms with Crippen molar-refractivity contribution in [2.24, 2.45) is 0 Å². The summed E-state index contributed by atoms with van der Waals surface area (Å²) >= 11 is 11.6. The summed E-state index contributed by atoms with van der Waals surface area (Å²) in [5.74, 6) is -0.375. The summed E-state index contributed by atoms with van der Waals surface area (Å²) in [5.41, 5.74) is 0.246. The fourth-order valence-corrected chi connectivity index (χ4v) is 1.75.